The Morgan fingerprint density at radius 3 is 2.60 bits per heavy atom. The molecule has 0 saturated carbocycles. The second-order valence-electron chi connectivity index (χ2n) is 7.32. The van der Waals surface area contributed by atoms with E-state index in [0.717, 1.165) is 12.8 Å². The van der Waals surface area contributed by atoms with Crippen molar-refractivity contribution in [3.8, 4) is 0 Å². The summed E-state index contributed by atoms with van der Waals surface area (Å²) in [4.78, 5) is 24.7. The van der Waals surface area contributed by atoms with Crippen molar-refractivity contribution in [3.05, 3.63) is 35.9 Å². The summed E-state index contributed by atoms with van der Waals surface area (Å²) in [7, 11) is 0. The van der Waals surface area contributed by atoms with Crippen molar-refractivity contribution in [2.75, 3.05) is 25.5 Å². The molecule has 0 bridgehead atoms. The first-order chi connectivity index (χ1) is 11.9. The van der Waals surface area contributed by atoms with Crippen molar-refractivity contribution in [3.63, 3.8) is 0 Å². The number of hydrogen-bond donors (Lipinski definition) is 2. The fraction of sp³-hybridized carbons (Fsp3) is 0.579. The van der Waals surface area contributed by atoms with Gasteiger partial charge in [0.2, 0.25) is 11.8 Å². The Labute approximate surface area is 153 Å². The van der Waals surface area contributed by atoms with Crippen LogP contribution in [0.15, 0.2) is 30.3 Å². The topological polar surface area (TPSA) is 67.4 Å². The lowest BCUT2D eigenvalue weighted by atomic mass is 9.74. The Bertz CT molecular complexity index is 627. The molecule has 6 heteroatoms. The van der Waals surface area contributed by atoms with Gasteiger partial charge in [0.15, 0.2) is 0 Å². The summed E-state index contributed by atoms with van der Waals surface area (Å²) in [6, 6.07) is 9.86. The van der Waals surface area contributed by atoms with E-state index in [1.807, 2.05) is 32.0 Å². The van der Waals surface area contributed by atoms with Gasteiger partial charge in [-0.3, -0.25) is 9.59 Å². The molecule has 1 aromatic carbocycles. The normalized spacial score (nSPS) is 25.0. The van der Waals surface area contributed by atoms with E-state index in [0.29, 0.717) is 25.5 Å². The van der Waals surface area contributed by atoms with Crippen LogP contribution in [-0.4, -0.2) is 48.1 Å². The lowest BCUT2D eigenvalue weighted by Crippen LogP contribution is -2.58. The molecule has 5 nitrogen and oxygen atoms in total. The monoisotopic (exact) mass is 362 g/mol. The minimum Gasteiger partial charge on any atom is -0.381 e. The molecular formula is C19H26N2O3S. The van der Waals surface area contributed by atoms with Gasteiger partial charge in [-0.1, -0.05) is 30.3 Å². The van der Waals surface area contributed by atoms with Crippen molar-refractivity contribution in [2.45, 2.75) is 42.9 Å². The zero-order valence-corrected chi connectivity index (χ0v) is 15.7. The third-order valence-electron chi connectivity index (χ3n) is 5.22. The van der Waals surface area contributed by atoms with Gasteiger partial charge in [-0.05, 0) is 32.3 Å². The summed E-state index contributed by atoms with van der Waals surface area (Å²) in [6.07, 6.45) is 1.77. The van der Waals surface area contributed by atoms with Gasteiger partial charge in [0.25, 0.3) is 0 Å². The second kappa shape index (κ2) is 7.38. The first-order valence-corrected chi connectivity index (χ1v) is 9.77. The van der Waals surface area contributed by atoms with E-state index in [-0.39, 0.29) is 17.2 Å². The van der Waals surface area contributed by atoms with Crippen LogP contribution in [0.25, 0.3) is 0 Å². The molecule has 1 atom stereocenters. The standard InChI is InChI=1S/C19H26N2O3S/c1-18(2)17(23)21-15(12-25-18)16(22)20-13-19(8-10-24-11-9-19)14-6-4-3-5-7-14/h3-7,15H,8-13H2,1-2H3,(H,20,22)(H,21,23). The summed E-state index contributed by atoms with van der Waals surface area (Å²) in [5, 5.41) is 5.94. The fourth-order valence-corrected chi connectivity index (χ4v) is 4.38. The van der Waals surface area contributed by atoms with E-state index < -0.39 is 10.8 Å². The highest BCUT2D eigenvalue weighted by molar-refractivity contribution is 8.01. The van der Waals surface area contributed by atoms with Crippen LogP contribution in [0, 0.1) is 0 Å². The first kappa shape index (κ1) is 18.3. The molecule has 0 aliphatic carbocycles. The van der Waals surface area contributed by atoms with E-state index in [1.54, 1.807) is 0 Å². The SMILES string of the molecule is CC1(C)SCC(C(=O)NCC2(c3ccccc3)CCOCC2)NC1=O. The van der Waals surface area contributed by atoms with Gasteiger partial charge in [-0.25, -0.2) is 0 Å². The summed E-state index contributed by atoms with van der Waals surface area (Å²) < 4.78 is 5.06. The van der Waals surface area contributed by atoms with Crippen LogP contribution in [0.5, 0.6) is 0 Å². The van der Waals surface area contributed by atoms with Gasteiger partial charge < -0.3 is 15.4 Å². The number of carbonyl (C=O) groups is 2. The van der Waals surface area contributed by atoms with Gasteiger partial charge >= 0.3 is 0 Å². The lowest BCUT2D eigenvalue weighted by molar-refractivity contribution is -0.130. The molecule has 25 heavy (non-hydrogen) atoms. The number of rotatable bonds is 4. The zero-order valence-electron chi connectivity index (χ0n) is 14.8. The number of hydrogen-bond acceptors (Lipinski definition) is 4. The van der Waals surface area contributed by atoms with Gasteiger partial charge in [0.1, 0.15) is 6.04 Å². The van der Waals surface area contributed by atoms with Crippen molar-refractivity contribution in [2.24, 2.45) is 0 Å². The quantitative estimate of drug-likeness (QED) is 0.858. The van der Waals surface area contributed by atoms with E-state index in [4.69, 9.17) is 4.74 Å². The molecule has 2 heterocycles. The van der Waals surface area contributed by atoms with Crippen LogP contribution in [0.3, 0.4) is 0 Å². The third-order valence-corrected chi connectivity index (χ3v) is 6.62. The zero-order chi connectivity index (χ0) is 17.9. The first-order valence-electron chi connectivity index (χ1n) is 8.79. The Morgan fingerprint density at radius 1 is 1.28 bits per heavy atom. The average molecular weight is 362 g/mol. The molecule has 0 aromatic heterocycles. The Morgan fingerprint density at radius 2 is 1.96 bits per heavy atom. The smallest absolute Gasteiger partial charge is 0.243 e. The average Bonchev–Trinajstić information content (AvgIpc) is 2.63. The molecule has 1 aromatic rings. The highest BCUT2D eigenvalue weighted by Gasteiger charge is 2.39. The fourth-order valence-electron chi connectivity index (χ4n) is 3.37. The van der Waals surface area contributed by atoms with Crippen molar-refractivity contribution < 1.29 is 14.3 Å². The predicted molar refractivity (Wildman–Crippen MR) is 99.7 cm³/mol. The Balaban J connectivity index is 1.66. The molecule has 136 valence electrons. The number of nitrogens with one attached hydrogen (secondary N) is 2. The highest BCUT2D eigenvalue weighted by atomic mass is 32.2. The molecule has 2 saturated heterocycles. The summed E-state index contributed by atoms with van der Waals surface area (Å²) in [5.74, 6) is 0.428. The van der Waals surface area contributed by atoms with E-state index >= 15 is 0 Å². The maximum atomic E-state index is 12.6. The van der Waals surface area contributed by atoms with Gasteiger partial charge in [0.05, 0.1) is 4.75 Å². The number of carbonyl (C=O) groups excluding carboxylic acids is 2. The molecular weight excluding hydrogens is 336 g/mol. The van der Waals surface area contributed by atoms with Crippen molar-refractivity contribution >= 4 is 23.6 Å². The molecule has 2 amide bonds. The lowest BCUT2D eigenvalue weighted by Gasteiger charge is -2.39. The Hall–Kier alpha value is -1.53. The van der Waals surface area contributed by atoms with Gasteiger partial charge in [-0.2, -0.15) is 0 Å². The van der Waals surface area contributed by atoms with Crippen LogP contribution in [0.2, 0.25) is 0 Å². The molecule has 2 aliphatic rings. The molecule has 2 aliphatic heterocycles. The number of benzene rings is 1. The molecule has 2 N–H and O–H groups in total. The van der Waals surface area contributed by atoms with Crippen molar-refractivity contribution in [1.29, 1.82) is 0 Å². The third kappa shape index (κ3) is 4.01. The van der Waals surface area contributed by atoms with E-state index in [9.17, 15) is 9.59 Å². The van der Waals surface area contributed by atoms with Gasteiger partial charge in [0, 0.05) is 30.9 Å². The minimum absolute atomic E-state index is 0.0762. The number of ether oxygens (including phenoxy) is 1. The predicted octanol–water partition coefficient (Wildman–Crippen LogP) is 1.86. The summed E-state index contributed by atoms with van der Waals surface area (Å²) >= 11 is 1.53. The van der Waals surface area contributed by atoms with Crippen molar-refractivity contribution in [1.82, 2.24) is 10.6 Å². The molecule has 0 radical (unpaired) electrons. The van der Waals surface area contributed by atoms with Crippen LogP contribution in [0.4, 0.5) is 0 Å². The minimum atomic E-state index is -0.469. The molecule has 1 unspecified atom stereocenters. The van der Waals surface area contributed by atoms with E-state index in [2.05, 4.69) is 22.8 Å². The van der Waals surface area contributed by atoms with E-state index in [1.165, 1.54) is 17.3 Å². The second-order valence-corrected chi connectivity index (χ2v) is 8.97. The number of thioether (sulfide) groups is 1. The molecule has 0 spiro atoms. The largest absolute Gasteiger partial charge is 0.381 e. The maximum absolute atomic E-state index is 12.6. The maximum Gasteiger partial charge on any atom is 0.243 e. The van der Waals surface area contributed by atoms with Crippen LogP contribution >= 0.6 is 11.8 Å². The van der Waals surface area contributed by atoms with Gasteiger partial charge in [-0.15, -0.1) is 11.8 Å². The summed E-state index contributed by atoms with van der Waals surface area (Å²) in [5.41, 5.74) is 1.14. The summed E-state index contributed by atoms with van der Waals surface area (Å²) in [6.45, 7) is 5.74. The van der Waals surface area contributed by atoms with Crippen LogP contribution in [0.1, 0.15) is 32.3 Å². The number of amides is 2. The molecule has 3 rings (SSSR count). The van der Waals surface area contributed by atoms with Crippen LogP contribution < -0.4 is 10.6 Å². The highest BCUT2D eigenvalue weighted by Crippen LogP contribution is 2.34. The van der Waals surface area contributed by atoms with Crippen LogP contribution in [-0.2, 0) is 19.7 Å². The molecule has 2 fully saturated rings. The Kier molecular flexibility index (Phi) is 5.39.